The number of halogens is 2. The van der Waals surface area contributed by atoms with Crippen molar-refractivity contribution in [3.05, 3.63) is 39.6 Å². The lowest BCUT2D eigenvalue weighted by Gasteiger charge is -2.20. The number of nitrogens with zero attached hydrogens (tertiary/aromatic N) is 4. The van der Waals surface area contributed by atoms with Gasteiger partial charge in [0.15, 0.2) is 5.82 Å². The Bertz CT molecular complexity index is 569. The Kier molecular flexibility index (Phi) is 4.39. The maximum atomic E-state index is 6.19. The Balaban J connectivity index is 2.13. The van der Waals surface area contributed by atoms with Gasteiger partial charge in [0.25, 0.3) is 0 Å². The minimum atomic E-state index is 0.0155. The minimum absolute atomic E-state index is 0.0155. The van der Waals surface area contributed by atoms with Crippen LogP contribution in [0.2, 0.25) is 10.0 Å². The van der Waals surface area contributed by atoms with Crippen LogP contribution in [0.4, 0.5) is 0 Å². The van der Waals surface area contributed by atoms with E-state index in [1.807, 2.05) is 33.0 Å². The number of aryl methyl sites for hydroxylation is 1. The minimum Gasteiger partial charge on any atom is -0.301 e. The first-order valence-corrected chi connectivity index (χ1v) is 6.68. The van der Waals surface area contributed by atoms with E-state index in [2.05, 4.69) is 20.8 Å². The summed E-state index contributed by atoms with van der Waals surface area (Å²) in [6.07, 6.45) is 0. The second-order valence-electron chi connectivity index (χ2n) is 4.44. The molecule has 2 rings (SSSR count). The van der Waals surface area contributed by atoms with Crippen molar-refractivity contribution >= 4 is 23.2 Å². The highest BCUT2D eigenvalue weighted by molar-refractivity contribution is 6.35. The van der Waals surface area contributed by atoms with Gasteiger partial charge in [-0.25, -0.2) is 4.68 Å². The Hall–Kier alpha value is -1.17. The number of tetrazole rings is 1. The van der Waals surface area contributed by atoms with E-state index in [4.69, 9.17) is 23.2 Å². The highest BCUT2D eigenvalue weighted by Gasteiger charge is 2.17. The molecular weight excluding hydrogens is 285 g/mol. The molecular formula is C12H15Cl2N5. The molecule has 2 aromatic rings. The third-order valence-corrected chi connectivity index (χ3v) is 3.53. The van der Waals surface area contributed by atoms with Crippen LogP contribution >= 0.6 is 23.2 Å². The average Bonchev–Trinajstić information content (AvgIpc) is 2.75. The average molecular weight is 300 g/mol. The van der Waals surface area contributed by atoms with Crippen molar-refractivity contribution in [2.24, 2.45) is 7.05 Å². The molecule has 0 unspecified atom stereocenters. The second-order valence-corrected chi connectivity index (χ2v) is 5.28. The first kappa shape index (κ1) is 14.2. The SMILES string of the molecule is C[C@@H](N[C@H](C)c1nnnn1C)c1ccc(Cl)cc1Cl. The van der Waals surface area contributed by atoms with E-state index >= 15 is 0 Å². The molecule has 0 fully saturated rings. The smallest absolute Gasteiger partial charge is 0.167 e. The van der Waals surface area contributed by atoms with Gasteiger partial charge < -0.3 is 5.32 Å². The van der Waals surface area contributed by atoms with E-state index in [9.17, 15) is 0 Å². The van der Waals surface area contributed by atoms with Crippen LogP contribution in [-0.4, -0.2) is 20.2 Å². The quantitative estimate of drug-likeness (QED) is 0.943. The number of hydrogen-bond acceptors (Lipinski definition) is 4. The molecule has 5 nitrogen and oxygen atoms in total. The molecule has 7 heteroatoms. The molecule has 0 aliphatic heterocycles. The van der Waals surface area contributed by atoms with Crippen LogP contribution in [0.1, 0.15) is 37.3 Å². The molecule has 0 spiro atoms. The third-order valence-electron chi connectivity index (χ3n) is 2.97. The fourth-order valence-electron chi connectivity index (χ4n) is 2.00. The van der Waals surface area contributed by atoms with Crippen LogP contribution in [0.3, 0.4) is 0 Å². The molecule has 19 heavy (non-hydrogen) atoms. The van der Waals surface area contributed by atoms with Crippen molar-refractivity contribution < 1.29 is 0 Å². The van der Waals surface area contributed by atoms with Crippen LogP contribution in [0.5, 0.6) is 0 Å². The van der Waals surface area contributed by atoms with Gasteiger partial charge in [0.1, 0.15) is 0 Å². The van der Waals surface area contributed by atoms with Gasteiger partial charge in [-0.1, -0.05) is 29.3 Å². The zero-order valence-electron chi connectivity index (χ0n) is 10.9. The standard InChI is InChI=1S/C12H15Cl2N5/c1-7(10-5-4-9(13)6-11(10)14)15-8(2)12-16-17-18-19(12)3/h4-8,15H,1-3H3/t7-,8-/m1/s1. The van der Waals surface area contributed by atoms with E-state index in [-0.39, 0.29) is 12.1 Å². The Morgan fingerprint density at radius 3 is 2.53 bits per heavy atom. The number of aromatic nitrogens is 4. The molecule has 1 heterocycles. The van der Waals surface area contributed by atoms with E-state index in [0.717, 1.165) is 11.4 Å². The molecule has 0 saturated heterocycles. The maximum Gasteiger partial charge on any atom is 0.167 e. The number of rotatable bonds is 4. The molecule has 1 aromatic carbocycles. The predicted molar refractivity (Wildman–Crippen MR) is 75.2 cm³/mol. The summed E-state index contributed by atoms with van der Waals surface area (Å²) in [7, 11) is 1.81. The number of benzene rings is 1. The molecule has 0 aliphatic carbocycles. The summed E-state index contributed by atoms with van der Waals surface area (Å²) in [5.41, 5.74) is 0.994. The van der Waals surface area contributed by atoms with E-state index in [1.54, 1.807) is 10.7 Å². The summed E-state index contributed by atoms with van der Waals surface area (Å²) in [6.45, 7) is 4.04. The fraction of sp³-hybridized carbons (Fsp3) is 0.417. The molecule has 0 aliphatic rings. The Labute approximate surface area is 121 Å². The lowest BCUT2D eigenvalue weighted by atomic mass is 10.1. The van der Waals surface area contributed by atoms with Crippen molar-refractivity contribution in [2.75, 3.05) is 0 Å². The van der Waals surface area contributed by atoms with Crippen LogP contribution in [0.15, 0.2) is 18.2 Å². The molecule has 1 N–H and O–H groups in total. The molecule has 102 valence electrons. The maximum absolute atomic E-state index is 6.19. The largest absolute Gasteiger partial charge is 0.301 e. The molecule has 0 amide bonds. The predicted octanol–water partition coefficient (Wildman–Crippen LogP) is 2.93. The normalized spacial score (nSPS) is 14.4. The number of hydrogen-bond donors (Lipinski definition) is 1. The lowest BCUT2D eigenvalue weighted by Crippen LogP contribution is -2.25. The monoisotopic (exact) mass is 299 g/mol. The zero-order valence-corrected chi connectivity index (χ0v) is 12.4. The van der Waals surface area contributed by atoms with Gasteiger partial charge in [0.2, 0.25) is 0 Å². The van der Waals surface area contributed by atoms with E-state index in [1.165, 1.54) is 0 Å². The lowest BCUT2D eigenvalue weighted by molar-refractivity contribution is 0.460. The van der Waals surface area contributed by atoms with Gasteiger partial charge in [0, 0.05) is 23.1 Å². The topological polar surface area (TPSA) is 55.6 Å². The molecule has 0 saturated carbocycles. The molecule has 2 atom stereocenters. The first-order valence-electron chi connectivity index (χ1n) is 5.92. The summed E-state index contributed by atoms with van der Waals surface area (Å²) in [5.74, 6) is 0.775. The summed E-state index contributed by atoms with van der Waals surface area (Å²) in [5, 5.41) is 16.1. The zero-order chi connectivity index (χ0) is 14.0. The Morgan fingerprint density at radius 2 is 1.95 bits per heavy atom. The van der Waals surface area contributed by atoms with Crippen molar-refractivity contribution in [1.82, 2.24) is 25.5 Å². The van der Waals surface area contributed by atoms with Crippen molar-refractivity contribution in [2.45, 2.75) is 25.9 Å². The van der Waals surface area contributed by atoms with Crippen molar-refractivity contribution in [3.63, 3.8) is 0 Å². The number of nitrogens with one attached hydrogen (secondary N) is 1. The summed E-state index contributed by atoms with van der Waals surface area (Å²) >= 11 is 12.1. The van der Waals surface area contributed by atoms with Crippen LogP contribution in [0.25, 0.3) is 0 Å². The summed E-state index contributed by atoms with van der Waals surface area (Å²) in [4.78, 5) is 0. The summed E-state index contributed by atoms with van der Waals surface area (Å²) < 4.78 is 1.65. The van der Waals surface area contributed by atoms with Gasteiger partial charge in [-0.05, 0) is 42.0 Å². The van der Waals surface area contributed by atoms with Crippen LogP contribution in [-0.2, 0) is 7.05 Å². The third kappa shape index (κ3) is 3.23. The second kappa shape index (κ2) is 5.86. The van der Waals surface area contributed by atoms with Gasteiger partial charge in [-0.15, -0.1) is 5.10 Å². The van der Waals surface area contributed by atoms with Gasteiger partial charge >= 0.3 is 0 Å². The van der Waals surface area contributed by atoms with Crippen molar-refractivity contribution in [3.8, 4) is 0 Å². The molecule has 0 radical (unpaired) electrons. The summed E-state index contributed by atoms with van der Waals surface area (Å²) in [6, 6.07) is 5.57. The highest BCUT2D eigenvalue weighted by atomic mass is 35.5. The van der Waals surface area contributed by atoms with Gasteiger partial charge in [0.05, 0.1) is 6.04 Å². The highest BCUT2D eigenvalue weighted by Crippen LogP contribution is 2.27. The van der Waals surface area contributed by atoms with Gasteiger partial charge in [-0.3, -0.25) is 0 Å². The Morgan fingerprint density at radius 1 is 1.21 bits per heavy atom. The van der Waals surface area contributed by atoms with E-state index < -0.39 is 0 Å². The van der Waals surface area contributed by atoms with Crippen LogP contribution in [0, 0.1) is 0 Å². The first-order chi connectivity index (χ1) is 8.99. The molecule has 1 aromatic heterocycles. The van der Waals surface area contributed by atoms with Crippen LogP contribution < -0.4 is 5.32 Å². The van der Waals surface area contributed by atoms with E-state index in [0.29, 0.717) is 10.0 Å². The van der Waals surface area contributed by atoms with Crippen molar-refractivity contribution in [1.29, 1.82) is 0 Å². The molecule has 0 bridgehead atoms. The fourth-order valence-corrected chi connectivity index (χ4v) is 2.57. The van der Waals surface area contributed by atoms with Gasteiger partial charge in [-0.2, -0.15) is 0 Å².